The van der Waals surface area contributed by atoms with Crippen molar-refractivity contribution in [2.75, 3.05) is 18.1 Å². The lowest BCUT2D eigenvalue weighted by Crippen LogP contribution is -2.26. The fourth-order valence-corrected chi connectivity index (χ4v) is 2.05. The lowest BCUT2D eigenvalue weighted by molar-refractivity contribution is -0.117. The summed E-state index contributed by atoms with van der Waals surface area (Å²) in [6.45, 7) is 0.381. The summed E-state index contributed by atoms with van der Waals surface area (Å²) >= 11 is 11.5. The molecule has 5 nitrogen and oxygen atoms in total. The van der Waals surface area contributed by atoms with Crippen LogP contribution in [0.15, 0.2) is 6.20 Å². The van der Waals surface area contributed by atoms with Crippen molar-refractivity contribution < 1.29 is 9.90 Å². The SMILES string of the molecule is O=C1CC(CO)CN1c1ncc(Cl)nc1Cl. The number of aliphatic hydroxyl groups is 1. The highest BCUT2D eigenvalue weighted by atomic mass is 35.5. The van der Waals surface area contributed by atoms with Crippen molar-refractivity contribution in [2.45, 2.75) is 6.42 Å². The largest absolute Gasteiger partial charge is 0.396 e. The molecule has 0 spiro atoms. The Bertz CT molecular complexity index is 427. The van der Waals surface area contributed by atoms with E-state index in [4.69, 9.17) is 28.3 Å². The normalized spacial score (nSPS) is 20.6. The molecule has 1 aromatic heterocycles. The van der Waals surface area contributed by atoms with Gasteiger partial charge in [-0.2, -0.15) is 0 Å². The smallest absolute Gasteiger partial charge is 0.228 e. The van der Waals surface area contributed by atoms with E-state index in [1.807, 2.05) is 0 Å². The van der Waals surface area contributed by atoms with Gasteiger partial charge in [0.15, 0.2) is 11.0 Å². The summed E-state index contributed by atoms with van der Waals surface area (Å²) < 4.78 is 0. The fraction of sp³-hybridized carbons (Fsp3) is 0.444. The Kier molecular flexibility index (Phi) is 3.28. The average molecular weight is 262 g/mol. The summed E-state index contributed by atoms with van der Waals surface area (Å²) in [6, 6.07) is 0. The van der Waals surface area contributed by atoms with Crippen molar-refractivity contribution in [1.82, 2.24) is 9.97 Å². The van der Waals surface area contributed by atoms with Gasteiger partial charge in [-0.15, -0.1) is 0 Å². The van der Waals surface area contributed by atoms with E-state index in [-0.39, 0.29) is 28.7 Å². The average Bonchev–Trinajstić information content (AvgIpc) is 2.60. The van der Waals surface area contributed by atoms with Gasteiger partial charge >= 0.3 is 0 Å². The minimum Gasteiger partial charge on any atom is -0.396 e. The molecule has 1 unspecified atom stereocenters. The molecule has 1 saturated heterocycles. The van der Waals surface area contributed by atoms with Gasteiger partial charge in [-0.1, -0.05) is 23.2 Å². The van der Waals surface area contributed by atoms with Gasteiger partial charge in [0.05, 0.1) is 6.20 Å². The van der Waals surface area contributed by atoms with E-state index in [0.29, 0.717) is 18.8 Å². The zero-order chi connectivity index (χ0) is 11.7. The Balaban J connectivity index is 2.28. The lowest BCUT2D eigenvalue weighted by Gasteiger charge is -2.15. The monoisotopic (exact) mass is 261 g/mol. The van der Waals surface area contributed by atoms with Crippen molar-refractivity contribution in [3.63, 3.8) is 0 Å². The molecule has 1 atom stereocenters. The van der Waals surface area contributed by atoms with Crippen LogP contribution in [0.5, 0.6) is 0 Å². The highest BCUT2D eigenvalue weighted by molar-refractivity contribution is 6.34. The van der Waals surface area contributed by atoms with E-state index in [2.05, 4.69) is 9.97 Å². The Morgan fingerprint density at radius 1 is 1.56 bits per heavy atom. The molecule has 1 aliphatic heterocycles. The van der Waals surface area contributed by atoms with Crippen LogP contribution in [0, 0.1) is 5.92 Å². The first-order valence-electron chi connectivity index (χ1n) is 4.71. The third-order valence-corrected chi connectivity index (χ3v) is 2.84. The molecule has 0 saturated carbocycles. The van der Waals surface area contributed by atoms with Gasteiger partial charge in [0.1, 0.15) is 5.15 Å². The van der Waals surface area contributed by atoms with Crippen molar-refractivity contribution in [3.8, 4) is 0 Å². The predicted molar refractivity (Wildman–Crippen MR) is 59.6 cm³/mol. The summed E-state index contributed by atoms with van der Waals surface area (Å²) in [6.07, 6.45) is 1.64. The second-order valence-corrected chi connectivity index (χ2v) is 4.31. The topological polar surface area (TPSA) is 66.3 Å². The summed E-state index contributed by atoms with van der Waals surface area (Å²) in [5, 5.41) is 9.27. The summed E-state index contributed by atoms with van der Waals surface area (Å²) in [7, 11) is 0. The van der Waals surface area contributed by atoms with Crippen LogP contribution in [-0.2, 0) is 4.79 Å². The Morgan fingerprint density at radius 3 is 2.88 bits per heavy atom. The molecule has 0 radical (unpaired) electrons. The quantitative estimate of drug-likeness (QED) is 0.867. The Labute approximate surface area is 102 Å². The van der Waals surface area contributed by atoms with Crippen LogP contribution in [0.4, 0.5) is 5.82 Å². The number of carbonyl (C=O) groups excluding carboxylic acids is 1. The maximum Gasteiger partial charge on any atom is 0.228 e. The van der Waals surface area contributed by atoms with E-state index in [0.717, 1.165) is 0 Å². The van der Waals surface area contributed by atoms with Crippen LogP contribution in [0.25, 0.3) is 0 Å². The van der Waals surface area contributed by atoms with Crippen LogP contribution in [0.1, 0.15) is 6.42 Å². The molecule has 0 aromatic carbocycles. The molecule has 1 aliphatic rings. The van der Waals surface area contributed by atoms with Crippen molar-refractivity contribution in [2.24, 2.45) is 5.92 Å². The molecule has 0 bridgehead atoms. The van der Waals surface area contributed by atoms with E-state index < -0.39 is 0 Å². The predicted octanol–water partition coefficient (Wildman–Crippen LogP) is 1.13. The molecule has 1 aromatic rings. The molecular formula is C9H9Cl2N3O2. The molecule has 1 N–H and O–H groups in total. The minimum absolute atomic E-state index is 0.0269. The number of aromatic nitrogens is 2. The molecule has 2 rings (SSSR count). The fourth-order valence-electron chi connectivity index (χ4n) is 1.63. The number of anilines is 1. The highest BCUT2D eigenvalue weighted by Gasteiger charge is 2.32. The number of rotatable bonds is 2. The van der Waals surface area contributed by atoms with Gasteiger partial charge in [-0.3, -0.25) is 9.69 Å². The molecule has 86 valence electrons. The second-order valence-electron chi connectivity index (χ2n) is 3.56. The van der Waals surface area contributed by atoms with E-state index in [1.54, 1.807) is 0 Å². The van der Waals surface area contributed by atoms with Crippen molar-refractivity contribution in [3.05, 3.63) is 16.5 Å². The van der Waals surface area contributed by atoms with E-state index in [9.17, 15) is 4.79 Å². The first-order valence-corrected chi connectivity index (χ1v) is 5.46. The number of hydrogen-bond donors (Lipinski definition) is 1. The summed E-state index contributed by atoms with van der Waals surface area (Å²) in [5.41, 5.74) is 0. The van der Waals surface area contributed by atoms with Crippen LogP contribution in [0.3, 0.4) is 0 Å². The zero-order valence-electron chi connectivity index (χ0n) is 8.23. The Morgan fingerprint density at radius 2 is 2.31 bits per heavy atom. The summed E-state index contributed by atoms with van der Waals surface area (Å²) in [4.78, 5) is 20.9. The summed E-state index contributed by atoms with van der Waals surface area (Å²) in [5.74, 6) is 0.116. The van der Waals surface area contributed by atoms with E-state index >= 15 is 0 Å². The molecule has 7 heteroatoms. The van der Waals surface area contributed by atoms with Crippen molar-refractivity contribution in [1.29, 1.82) is 0 Å². The standard InChI is InChI=1S/C9H9Cl2N3O2/c10-6-2-12-9(8(11)13-6)14-3-5(4-15)1-7(14)16/h2,5,15H,1,3-4H2. The molecule has 2 heterocycles. The van der Waals surface area contributed by atoms with Crippen molar-refractivity contribution >= 4 is 34.9 Å². The Hall–Kier alpha value is -0.910. The molecular weight excluding hydrogens is 253 g/mol. The number of nitrogens with zero attached hydrogens (tertiary/aromatic N) is 3. The maximum atomic E-state index is 11.6. The third-order valence-electron chi connectivity index (χ3n) is 2.40. The lowest BCUT2D eigenvalue weighted by atomic mass is 10.1. The van der Waals surface area contributed by atoms with Gasteiger partial charge in [0.25, 0.3) is 0 Å². The first-order chi connectivity index (χ1) is 7.61. The zero-order valence-corrected chi connectivity index (χ0v) is 9.74. The van der Waals surface area contributed by atoms with Gasteiger partial charge in [0, 0.05) is 25.5 Å². The molecule has 0 aliphatic carbocycles. The maximum absolute atomic E-state index is 11.6. The second kappa shape index (κ2) is 4.53. The van der Waals surface area contributed by atoms with Gasteiger partial charge in [-0.05, 0) is 0 Å². The van der Waals surface area contributed by atoms with Crippen LogP contribution in [0.2, 0.25) is 10.3 Å². The van der Waals surface area contributed by atoms with Crippen LogP contribution >= 0.6 is 23.2 Å². The van der Waals surface area contributed by atoms with Gasteiger partial charge in [0.2, 0.25) is 5.91 Å². The number of carbonyl (C=O) groups is 1. The highest BCUT2D eigenvalue weighted by Crippen LogP contribution is 2.28. The number of amides is 1. The minimum atomic E-state index is -0.113. The molecule has 1 amide bonds. The van der Waals surface area contributed by atoms with Crippen LogP contribution in [-0.4, -0.2) is 34.1 Å². The number of aliphatic hydroxyl groups excluding tert-OH is 1. The number of halogens is 2. The number of hydrogen-bond acceptors (Lipinski definition) is 4. The molecule has 16 heavy (non-hydrogen) atoms. The van der Waals surface area contributed by atoms with E-state index in [1.165, 1.54) is 11.1 Å². The third kappa shape index (κ3) is 2.11. The van der Waals surface area contributed by atoms with Gasteiger partial charge in [-0.25, -0.2) is 9.97 Å². The van der Waals surface area contributed by atoms with Gasteiger partial charge < -0.3 is 5.11 Å². The molecule has 1 fully saturated rings. The first kappa shape index (κ1) is 11.6. The van der Waals surface area contributed by atoms with Crippen LogP contribution < -0.4 is 4.90 Å².